The van der Waals surface area contributed by atoms with Gasteiger partial charge in [0.05, 0.1) is 6.04 Å². The second kappa shape index (κ2) is 16.0. The lowest BCUT2D eigenvalue weighted by atomic mass is 10.0. The molecule has 0 amide bonds. The van der Waals surface area contributed by atoms with Crippen molar-refractivity contribution in [3.8, 4) is 0 Å². The van der Waals surface area contributed by atoms with Crippen LogP contribution in [-0.2, 0) is 0 Å². The minimum Gasteiger partial charge on any atom is -0.356 e. The van der Waals surface area contributed by atoms with E-state index in [1.807, 2.05) is 0 Å². The first kappa shape index (κ1) is 34.6. The Balaban J connectivity index is 1.17. The lowest BCUT2D eigenvalue weighted by Gasteiger charge is -2.33. The number of nitrogens with zero attached hydrogens (tertiary/aromatic N) is 3. The van der Waals surface area contributed by atoms with Gasteiger partial charge >= 0.3 is 0 Å². The van der Waals surface area contributed by atoms with Gasteiger partial charge in [0.1, 0.15) is 0 Å². The maximum atomic E-state index is 3.59. The van der Waals surface area contributed by atoms with Gasteiger partial charge in [0.25, 0.3) is 0 Å². The maximum absolute atomic E-state index is 3.59. The second-order valence-electron chi connectivity index (χ2n) is 14.0. The molecule has 54 heavy (non-hydrogen) atoms. The molecule has 0 bridgehead atoms. The zero-order valence-electron chi connectivity index (χ0n) is 31.0. The largest absolute Gasteiger partial charge is 0.356 e. The van der Waals surface area contributed by atoms with Crippen LogP contribution >= 0.6 is 0 Å². The topological polar surface area (TPSA) is 21.8 Å². The lowest BCUT2D eigenvalue weighted by molar-refractivity contribution is 0.785. The van der Waals surface area contributed by atoms with Gasteiger partial charge in [-0.1, -0.05) is 78.9 Å². The van der Waals surface area contributed by atoms with E-state index < -0.39 is 0 Å². The average molecular weight is 703 g/mol. The number of hydrogen-bond acceptors (Lipinski definition) is 4. The average Bonchev–Trinajstić information content (AvgIpc) is 3.21. The molecule has 2 aliphatic carbocycles. The van der Waals surface area contributed by atoms with Crippen molar-refractivity contribution in [2.24, 2.45) is 0 Å². The van der Waals surface area contributed by atoms with Crippen molar-refractivity contribution in [3.63, 3.8) is 0 Å². The van der Waals surface area contributed by atoms with E-state index in [1.54, 1.807) is 0 Å². The Morgan fingerprint density at radius 2 is 1.02 bits per heavy atom. The fourth-order valence-electron chi connectivity index (χ4n) is 7.39. The highest BCUT2D eigenvalue weighted by atomic mass is 15.2. The first-order valence-electron chi connectivity index (χ1n) is 18.9. The molecule has 6 aromatic rings. The molecule has 0 fully saturated rings. The maximum Gasteiger partial charge on any atom is 0.0559 e. The van der Waals surface area contributed by atoms with Crippen molar-refractivity contribution in [1.29, 1.82) is 0 Å². The van der Waals surface area contributed by atoms with Gasteiger partial charge in [0.2, 0.25) is 0 Å². The second-order valence-corrected chi connectivity index (χ2v) is 14.0. The van der Waals surface area contributed by atoms with Crippen molar-refractivity contribution in [2.75, 3.05) is 20.0 Å². The van der Waals surface area contributed by atoms with E-state index >= 15 is 0 Å². The highest BCUT2D eigenvalue weighted by molar-refractivity contribution is 5.82. The standard InChI is InChI=1S/C50H46N4/c1-38-14-12-22-49(36-38)53(42-18-8-4-9-19-42)47-32-28-45(29-33-47)52(44-26-24-41(25-27-44)51-40-16-6-3-7-17-40)46-30-34-48(35-31-46)54(43-20-10-5-11-21-43)50-23-13-15-39(2)37-50/h4-6,8-20,22-37,43,51H,3,7,21H2,1-2H3. The van der Waals surface area contributed by atoms with Crippen LogP contribution in [0.3, 0.4) is 0 Å². The summed E-state index contributed by atoms with van der Waals surface area (Å²) >= 11 is 0. The van der Waals surface area contributed by atoms with Crippen LogP contribution in [0.5, 0.6) is 0 Å². The van der Waals surface area contributed by atoms with Gasteiger partial charge in [-0.15, -0.1) is 0 Å². The van der Waals surface area contributed by atoms with Crippen LogP contribution in [0.2, 0.25) is 0 Å². The Kier molecular flexibility index (Phi) is 10.2. The number of anilines is 9. The molecule has 0 saturated heterocycles. The first-order valence-corrected chi connectivity index (χ1v) is 18.9. The van der Waals surface area contributed by atoms with Crippen LogP contribution in [0.4, 0.5) is 51.2 Å². The highest BCUT2D eigenvalue weighted by Gasteiger charge is 2.21. The summed E-state index contributed by atoms with van der Waals surface area (Å²) in [6.45, 7) is 4.31. The van der Waals surface area contributed by atoms with E-state index in [0.29, 0.717) is 0 Å². The Morgan fingerprint density at radius 3 is 1.59 bits per heavy atom. The molecule has 0 aliphatic heterocycles. The fraction of sp³-hybridized carbons (Fsp3) is 0.120. The molecule has 0 saturated carbocycles. The molecule has 4 nitrogen and oxygen atoms in total. The van der Waals surface area contributed by atoms with E-state index in [-0.39, 0.29) is 6.04 Å². The fourth-order valence-corrected chi connectivity index (χ4v) is 7.39. The molecule has 266 valence electrons. The predicted octanol–water partition coefficient (Wildman–Crippen LogP) is 13.9. The zero-order chi connectivity index (χ0) is 36.7. The van der Waals surface area contributed by atoms with Crippen molar-refractivity contribution in [3.05, 3.63) is 211 Å². The van der Waals surface area contributed by atoms with Gasteiger partial charge in [0, 0.05) is 56.9 Å². The molecule has 4 heteroatoms. The summed E-state index contributed by atoms with van der Waals surface area (Å²) in [6, 6.07) is 55.0. The van der Waals surface area contributed by atoms with Crippen LogP contribution in [0.1, 0.15) is 30.4 Å². The van der Waals surface area contributed by atoms with Crippen LogP contribution in [0.25, 0.3) is 0 Å². The van der Waals surface area contributed by atoms with Crippen molar-refractivity contribution < 1.29 is 0 Å². The van der Waals surface area contributed by atoms with Gasteiger partial charge in [-0.3, -0.25) is 0 Å². The van der Waals surface area contributed by atoms with Gasteiger partial charge in [-0.2, -0.15) is 0 Å². The minimum absolute atomic E-state index is 0.237. The SMILES string of the molecule is Cc1cccc(N(c2ccccc2)c2ccc(N(c3ccc(NC4=CCCC=C4)cc3)c3ccc(N(c4cccc(C)c4)C4C=CC=CC4)cc3)cc2)c1. The molecule has 0 spiro atoms. The van der Waals surface area contributed by atoms with Crippen LogP contribution in [-0.4, -0.2) is 6.04 Å². The number of hydrogen-bond donors (Lipinski definition) is 1. The zero-order valence-corrected chi connectivity index (χ0v) is 31.0. The molecule has 1 unspecified atom stereocenters. The Hall–Kier alpha value is -6.52. The van der Waals surface area contributed by atoms with Crippen LogP contribution < -0.4 is 20.0 Å². The highest BCUT2D eigenvalue weighted by Crippen LogP contribution is 2.41. The van der Waals surface area contributed by atoms with Gasteiger partial charge in [0.15, 0.2) is 0 Å². The number of benzene rings is 6. The molecule has 8 rings (SSSR count). The number of para-hydroxylation sites is 1. The molecule has 0 radical (unpaired) electrons. The summed E-state index contributed by atoms with van der Waals surface area (Å²) in [4.78, 5) is 7.12. The predicted molar refractivity (Wildman–Crippen MR) is 231 cm³/mol. The van der Waals surface area contributed by atoms with E-state index in [0.717, 1.165) is 70.5 Å². The van der Waals surface area contributed by atoms with Gasteiger partial charge < -0.3 is 20.0 Å². The molecule has 6 aromatic carbocycles. The minimum atomic E-state index is 0.237. The monoisotopic (exact) mass is 702 g/mol. The van der Waals surface area contributed by atoms with E-state index in [9.17, 15) is 0 Å². The van der Waals surface area contributed by atoms with E-state index in [4.69, 9.17) is 0 Å². The quantitative estimate of drug-likeness (QED) is 0.145. The Bertz CT molecular complexity index is 2300. The third kappa shape index (κ3) is 7.79. The number of aryl methyl sites for hydroxylation is 2. The van der Waals surface area contributed by atoms with Crippen molar-refractivity contribution in [2.45, 2.75) is 39.2 Å². The molecular formula is C50H46N4. The summed E-state index contributed by atoms with van der Waals surface area (Å²) in [5.74, 6) is 0. The molecule has 2 aliphatic rings. The van der Waals surface area contributed by atoms with E-state index in [2.05, 4.69) is 228 Å². The number of nitrogens with one attached hydrogen (secondary N) is 1. The Labute approximate surface area is 320 Å². The number of rotatable bonds is 11. The molecule has 0 aromatic heterocycles. The normalized spacial score (nSPS) is 14.7. The lowest BCUT2D eigenvalue weighted by Crippen LogP contribution is -2.29. The van der Waals surface area contributed by atoms with Gasteiger partial charge in [-0.25, -0.2) is 0 Å². The third-order valence-electron chi connectivity index (χ3n) is 10.0. The first-order chi connectivity index (χ1) is 26.6. The molecule has 0 heterocycles. The summed E-state index contributed by atoms with van der Waals surface area (Å²) in [7, 11) is 0. The summed E-state index contributed by atoms with van der Waals surface area (Å²) in [5.41, 5.74) is 13.7. The molecule has 1 N–H and O–H groups in total. The summed E-state index contributed by atoms with van der Waals surface area (Å²) < 4.78 is 0. The molecule has 1 atom stereocenters. The number of allylic oxidation sites excluding steroid dienone is 5. The van der Waals surface area contributed by atoms with Crippen molar-refractivity contribution in [1.82, 2.24) is 0 Å². The summed E-state index contributed by atoms with van der Waals surface area (Å²) in [6.07, 6.45) is 18.6. The van der Waals surface area contributed by atoms with Crippen LogP contribution in [0.15, 0.2) is 200 Å². The van der Waals surface area contributed by atoms with Gasteiger partial charge in [-0.05, 0) is 160 Å². The smallest absolute Gasteiger partial charge is 0.0559 e. The Morgan fingerprint density at radius 1 is 0.481 bits per heavy atom. The third-order valence-corrected chi connectivity index (χ3v) is 10.0. The van der Waals surface area contributed by atoms with Crippen molar-refractivity contribution >= 4 is 51.2 Å². The molecular weight excluding hydrogens is 657 g/mol. The van der Waals surface area contributed by atoms with Crippen LogP contribution in [0, 0.1) is 13.8 Å². The summed E-state index contributed by atoms with van der Waals surface area (Å²) in [5, 5.41) is 3.59. The van der Waals surface area contributed by atoms with E-state index in [1.165, 1.54) is 16.8 Å².